The number of rotatable bonds is 1. The Balaban J connectivity index is 1.51. The number of nitrogens with one attached hydrogen (secondary N) is 1. The molecule has 134 valence electrons. The molecule has 0 aromatic carbocycles. The van der Waals surface area contributed by atoms with E-state index >= 15 is 0 Å². The van der Waals surface area contributed by atoms with Crippen molar-refractivity contribution in [3.8, 4) is 0 Å². The fraction of sp³-hybridized carbons (Fsp3) is 0.600. The minimum absolute atomic E-state index is 0.0430. The monoisotopic (exact) mass is 347 g/mol. The molecule has 25 heavy (non-hydrogen) atoms. The summed E-state index contributed by atoms with van der Waals surface area (Å²) < 4.78 is 5.30. The van der Waals surface area contributed by atoms with Gasteiger partial charge in [0.05, 0.1) is 32.2 Å². The van der Waals surface area contributed by atoms with Gasteiger partial charge in [-0.3, -0.25) is 0 Å². The van der Waals surface area contributed by atoms with Gasteiger partial charge < -0.3 is 29.5 Å². The number of ether oxygens (including phenoxy) is 1. The molecule has 4 heterocycles. The van der Waals surface area contributed by atoms with Crippen LogP contribution in [0.25, 0.3) is 11.2 Å². The topological polar surface area (TPSA) is 111 Å². The second-order valence-electron chi connectivity index (χ2n) is 6.23. The largest absolute Gasteiger partial charge is 0.389 e. The van der Waals surface area contributed by atoms with E-state index in [0.717, 1.165) is 5.52 Å². The number of β-amino-alcohol motifs (C(OH)–C–C–N with tert-alkyl or cyclic N) is 1. The van der Waals surface area contributed by atoms with Crippen LogP contribution in [0.3, 0.4) is 0 Å². The molecule has 1 atom stereocenters. The molecule has 0 radical (unpaired) electrons. The zero-order chi connectivity index (χ0) is 17.2. The van der Waals surface area contributed by atoms with E-state index in [1.54, 1.807) is 16.1 Å². The second kappa shape index (κ2) is 6.81. The van der Waals surface area contributed by atoms with Gasteiger partial charge in [-0.05, 0) is 0 Å². The highest BCUT2D eigenvalue weighted by Crippen LogP contribution is 2.21. The van der Waals surface area contributed by atoms with Crippen LogP contribution in [-0.4, -0.2) is 99.5 Å². The number of urea groups is 1. The molecular weight excluding hydrogens is 326 g/mol. The highest BCUT2D eigenvalue weighted by atomic mass is 16.5. The van der Waals surface area contributed by atoms with Crippen molar-refractivity contribution in [3.63, 3.8) is 0 Å². The van der Waals surface area contributed by atoms with Crippen LogP contribution < -0.4 is 4.90 Å². The van der Waals surface area contributed by atoms with Crippen molar-refractivity contribution < 1.29 is 14.6 Å². The number of hydrogen-bond donors (Lipinski definition) is 2. The van der Waals surface area contributed by atoms with Gasteiger partial charge in [0, 0.05) is 32.7 Å². The van der Waals surface area contributed by atoms with E-state index in [1.165, 1.54) is 6.33 Å². The molecule has 0 bridgehead atoms. The van der Waals surface area contributed by atoms with Gasteiger partial charge in [-0.25, -0.2) is 19.7 Å². The Hall–Kier alpha value is -2.46. The molecule has 2 aromatic rings. The third-order valence-electron chi connectivity index (χ3n) is 4.56. The summed E-state index contributed by atoms with van der Waals surface area (Å²) >= 11 is 0. The van der Waals surface area contributed by atoms with Crippen molar-refractivity contribution in [2.75, 3.05) is 57.4 Å². The van der Waals surface area contributed by atoms with Gasteiger partial charge in [-0.15, -0.1) is 0 Å². The van der Waals surface area contributed by atoms with Crippen LogP contribution in [0.5, 0.6) is 0 Å². The number of carbonyl (C=O) groups excluding carboxylic acids is 1. The normalized spacial score (nSPS) is 22.3. The molecule has 0 aliphatic carbocycles. The Morgan fingerprint density at radius 1 is 1.12 bits per heavy atom. The fourth-order valence-electron chi connectivity index (χ4n) is 3.30. The number of aliphatic hydroxyl groups is 1. The molecule has 2 aliphatic rings. The summed E-state index contributed by atoms with van der Waals surface area (Å²) in [4.78, 5) is 33.8. The number of carbonyl (C=O) groups is 1. The lowest BCUT2D eigenvalue weighted by Gasteiger charge is -2.32. The summed E-state index contributed by atoms with van der Waals surface area (Å²) in [6, 6.07) is -0.0430. The smallest absolute Gasteiger partial charge is 0.320 e. The van der Waals surface area contributed by atoms with Gasteiger partial charge in [0.1, 0.15) is 11.8 Å². The van der Waals surface area contributed by atoms with Gasteiger partial charge >= 0.3 is 6.03 Å². The van der Waals surface area contributed by atoms with Crippen molar-refractivity contribution >= 4 is 23.0 Å². The number of aromatic amines is 1. The molecule has 10 heteroatoms. The van der Waals surface area contributed by atoms with Crippen LogP contribution in [-0.2, 0) is 4.74 Å². The summed E-state index contributed by atoms with van der Waals surface area (Å²) in [5.41, 5.74) is 1.33. The van der Waals surface area contributed by atoms with E-state index in [4.69, 9.17) is 4.74 Å². The van der Waals surface area contributed by atoms with Crippen LogP contribution in [0.15, 0.2) is 12.7 Å². The first-order valence-corrected chi connectivity index (χ1v) is 8.41. The number of nitrogens with zero attached hydrogens (tertiary/aromatic N) is 6. The highest BCUT2D eigenvalue weighted by Gasteiger charge is 2.29. The van der Waals surface area contributed by atoms with E-state index < -0.39 is 6.10 Å². The number of morpholine rings is 1. The molecular formula is C15H21N7O3. The number of aliphatic hydroxyl groups excluding tert-OH is 1. The first-order chi connectivity index (χ1) is 12.2. The second-order valence-corrected chi connectivity index (χ2v) is 6.23. The van der Waals surface area contributed by atoms with Gasteiger partial charge in [0.15, 0.2) is 11.5 Å². The standard InChI is InChI=1S/C15H21N7O3/c23-11-7-21(14-12-13(17-9-16-12)18-10-19-14)1-2-22(8-11)15(24)20-3-5-25-6-4-20/h9-11,23H,1-8H2,(H,16,17,18,19)/t11-/m1/s1. The third-order valence-corrected chi connectivity index (χ3v) is 4.56. The summed E-state index contributed by atoms with van der Waals surface area (Å²) in [5.74, 6) is 0.697. The molecule has 4 rings (SSSR count). The predicted octanol–water partition coefficient (Wildman–Crippen LogP) is -0.712. The Kier molecular flexibility index (Phi) is 4.36. The van der Waals surface area contributed by atoms with Gasteiger partial charge in [0.2, 0.25) is 0 Å². The van der Waals surface area contributed by atoms with Crippen molar-refractivity contribution in [1.82, 2.24) is 29.7 Å². The highest BCUT2D eigenvalue weighted by molar-refractivity contribution is 5.82. The zero-order valence-electron chi connectivity index (χ0n) is 13.8. The van der Waals surface area contributed by atoms with E-state index in [1.807, 2.05) is 4.90 Å². The van der Waals surface area contributed by atoms with E-state index in [-0.39, 0.29) is 6.03 Å². The van der Waals surface area contributed by atoms with Crippen molar-refractivity contribution in [1.29, 1.82) is 0 Å². The van der Waals surface area contributed by atoms with E-state index in [9.17, 15) is 9.90 Å². The lowest BCUT2D eigenvalue weighted by molar-refractivity contribution is 0.0400. The summed E-state index contributed by atoms with van der Waals surface area (Å²) in [6.45, 7) is 4.12. The SMILES string of the molecule is O=C(N1CCOCC1)N1CCN(c2ncnc3nc[nH]c23)C[C@@H](O)C1. The van der Waals surface area contributed by atoms with Gasteiger partial charge in [-0.2, -0.15) is 0 Å². The van der Waals surface area contributed by atoms with Crippen LogP contribution in [0, 0.1) is 0 Å². The number of hydrogen-bond acceptors (Lipinski definition) is 7. The summed E-state index contributed by atoms with van der Waals surface area (Å²) in [6.07, 6.45) is 2.39. The molecule has 0 unspecified atom stereocenters. The number of H-pyrrole nitrogens is 1. The maximum atomic E-state index is 12.7. The first kappa shape index (κ1) is 16.0. The summed E-state index contributed by atoms with van der Waals surface area (Å²) in [5, 5.41) is 10.4. The molecule has 2 saturated heterocycles. The van der Waals surface area contributed by atoms with Crippen LogP contribution in [0.2, 0.25) is 0 Å². The number of imidazole rings is 1. The quantitative estimate of drug-likeness (QED) is 0.701. The zero-order valence-corrected chi connectivity index (χ0v) is 13.8. The van der Waals surface area contributed by atoms with Crippen molar-refractivity contribution in [2.45, 2.75) is 6.10 Å². The molecule has 0 saturated carbocycles. The average molecular weight is 347 g/mol. The maximum Gasteiger partial charge on any atom is 0.320 e. The Morgan fingerprint density at radius 2 is 1.96 bits per heavy atom. The number of amides is 2. The van der Waals surface area contributed by atoms with Crippen molar-refractivity contribution in [3.05, 3.63) is 12.7 Å². The molecule has 10 nitrogen and oxygen atoms in total. The van der Waals surface area contributed by atoms with E-state index in [0.29, 0.717) is 63.9 Å². The molecule has 2 N–H and O–H groups in total. The number of fused-ring (bicyclic) bond motifs is 1. The van der Waals surface area contributed by atoms with Gasteiger partial charge in [0.25, 0.3) is 0 Å². The Labute approximate surface area is 144 Å². The molecule has 2 aromatic heterocycles. The van der Waals surface area contributed by atoms with Crippen LogP contribution in [0.4, 0.5) is 10.6 Å². The Bertz CT molecular complexity index is 746. The number of aromatic nitrogens is 4. The Morgan fingerprint density at radius 3 is 2.80 bits per heavy atom. The van der Waals surface area contributed by atoms with E-state index in [2.05, 4.69) is 19.9 Å². The fourth-order valence-corrected chi connectivity index (χ4v) is 3.30. The number of anilines is 1. The minimum atomic E-state index is -0.652. The lowest BCUT2D eigenvalue weighted by atomic mass is 10.3. The molecule has 0 spiro atoms. The lowest BCUT2D eigenvalue weighted by Crippen LogP contribution is -2.50. The predicted molar refractivity (Wildman–Crippen MR) is 89.3 cm³/mol. The van der Waals surface area contributed by atoms with Crippen LogP contribution >= 0.6 is 0 Å². The van der Waals surface area contributed by atoms with Crippen LogP contribution in [0.1, 0.15) is 0 Å². The minimum Gasteiger partial charge on any atom is -0.389 e. The first-order valence-electron chi connectivity index (χ1n) is 8.41. The maximum absolute atomic E-state index is 12.7. The third kappa shape index (κ3) is 3.22. The molecule has 2 aliphatic heterocycles. The van der Waals surface area contributed by atoms with Crippen molar-refractivity contribution in [2.24, 2.45) is 0 Å². The van der Waals surface area contributed by atoms with Gasteiger partial charge in [-0.1, -0.05) is 0 Å². The average Bonchev–Trinajstić information content (AvgIpc) is 3.04. The molecule has 2 amide bonds. The summed E-state index contributed by atoms with van der Waals surface area (Å²) in [7, 11) is 0. The molecule has 2 fully saturated rings.